The van der Waals surface area contributed by atoms with E-state index in [1.54, 1.807) is 32.0 Å². The second-order valence-electron chi connectivity index (χ2n) is 10.4. The number of amides is 3. The largest absolute Gasteiger partial charge is 0.493 e. The van der Waals surface area contributed by atoms with E-state index in [-0.39, 0.29) is 24.5 Å². The lowest BCUT2D eigenvalue weighted by molar-refractivity contribution is -0.139. The highest BCUT2D eigenvalue weighted by atomic mass is 79.9. The number of hydrogen-bond acceptors (Lipinski definition) is 8. The van der Waals surface area contributed by atoms with Crippen molar-refractivity contribution >= 4 is 50.8 Å². The number of carbonyl (C=O) groups is 3. The summed E-state index contributed by atoms with van der Waals surface area (Å²) < 4.78 is 23.1. The quantitative estimate of drug-likeness (QED) is 0.0950. The Kier molecular flexibility index (Phi) is 10.7. The molecule has 0 saturated heterocycles. The molecular weight excluding hydrogens is 668 g/mol. The van der Waals surface area contributed by atoms with E-state index in [4.69, 9.17) is 18.9 Å². The average molecular weight is 702 g/mol. The zero-order valence-electron chi connectivity index (χ0n) is 26.0. The first-order valence-corrected chi connectivity index (χ1v) is 15.5. The van der Waals surface area contributed by atoms with Crippen molar-refractivity contribution in [2.45, 2.75) is 26.5 Å². The van der Waals surface area contributed by atoms with Crippen LogP contribution in [-0.2, 0) is 20.9 Å². The Bertz CT molecular complexity index is 1870. The first-order chi connectivity index (χ1) is 22.8. The van der Waals surface area contributed by atoms with Gasteiger partial charge < -0.3 is 29.6 Å². The summed E-state index contributed by atoms with van der Waals surface area (Å²) in [7, 11) is 1.45. The van der Waals surface area contributed by atoms with E-state index in [0.717, 1.165) is 26.4 Å². The van der Waals surface area contributed by atoms with E-state index in [9.17, 15) is 14.4 Å². The highest BCUT2D eigenvalue weighted by Crippen LogP contribution is 2.35. The number of carbonyl (C=O) groups excluding carboxylic acids is 3. The Morgan fingerprint density at radius 3 is 2.55 bits per heavy atom. The Morgan fingerprint density at radius 2 is 1.77 bits per heavy atom. The number of methoxy groups -OCH3 is 1. The summed E-state index contributed by atoms with van der Waals surface area (Å²) in [6.07, 6.45) is 1.51. The molecule has 4 aromatic rings. The van der Waals surface area contributed by atoms with Gasteiger partial charge in [0.2, 0.25) is 0 Å². The molecule has 12 heteroatoms. The zero-order valence-corrected chi connectivity index (χ0v) is 27.6. The fourth-order valence-corrected chi connectivity index (χ4v) is 5.56. The van der Waals surface area contributed by atoms with Crippen LogP contribution >= 0.6 is 15.9 Å². The molecule has 0 unspecified atom stereocenters. The third-order valence-corrected chi connectivity index (χ3v) is 7.89. The predicted molar refractivity (Wildman–Crippen MR) is 180 cm³/mol. The molecule has 1 atom stereocenters. The van der Waals surface area contributed by atoms with E-state index < -0.39 is 23.9 Å². The van der Waals surface area contributed by atoms with Crippen molar-refractivity contribution < 1.29 is 33.3 Å². The molecule has 0 aromatic heterocycles. The highest BCUT2D eigenvalue weighted by Gasteiger charge is 2.32. The van der Waals surface area contributed by atoms with Gasteiger partial charge in [0.15, 0.2) is 18.1 Å². The van der Waals surface area contributed by atoms with Crippen LogP contribution < -0.4 is 30.3 Å². The maximum absolute atomic E-state index is 12.6. The molecule has 11 nitrogen and oxygen atoms in total. The molecule has 0 fully saturated rings. The van der Waals surface area contributed by atoms with Crippen LogP contribution in [-0.4, -0.2) is 44.4 Å². The fraction of sp³-hybridized carbons (Fsp3) is 0.200. The van der Waals surface area contributed by atoms with Crippen LogP contribution in [0.25, 0.3) is 10.8 Å². The van der Waals surface area contributed by atoms with Crippen LogP contribution in [0.15, 0.2) is 99.7 Å². The Morgan fingerprint density at radius 1 is 0.979 bits per heavy atom. The molecule has 3 N–H and O–H groups in total. The van der Waals surface area contributed by atoms with E-state index in [0.29, 0.717) is 29.4 Å². The van der Waals surface area contributed by atoms with Crippen molar-refractivity contribution in [2.75, 3.05) is 20.3 Å². The zero-order chi connectivity index (χ0) is 33.3. The van der Waals surface area contributed by atoms with Gasteiger partial charge in [-0.3, -0.25) is 4.79 Å². The van der Waals surface area contributed by atoms with Crippen molar-refractivity contribution in [2.24, 2.45) is 5.10 Å². The average Bonchev–Trinajstić information content (AvgIpc) is 3.06. The summed E-state index contributed by atoms with van der Waals surface area (Å²) >= 11 is 3.55. The van der Waals surface area contributed by atoms with Crippen molar-refractivity contribution in [1.29, 1.82) is 0 Å². The SMILES string of the molecule is CCOC(=O)C1=C(C)NC(=O)N[C@@H]1c1ccc(OCC(=O)N/N=C\c2ccc(OCc3cccc4ccccc34)c(Br)c2)c(OC)c1. The van der Waals surface area contributed by atoms with Gasteiger partial charge in [-0.2, -0.15) is 5.10 Å². The highest BCUT2D eigenvalue weighted by molar-refractivity contribution is 9.10. The molecule has 0 spiro atoms. The lowest BCUT2D eigenvalue weighted by Gasteiger charge is -2.28. The maximum atomic E-state index is 12.6. The number of rotatable bonds is 12. The van der Waals surface area contributed by atoms with Gasteiger partial charge in [-0.25, -0.2) is 15.0 Å². The van der Waals surface area contributed by atoms with Crippen LogP contribution in [0.3, 0.4) is 0 Å². The lowest BCUT2D eigenvalue weighted by atomic mass is 9.95. The number of ether oxygens (including phenoxy) is 4. The third-order valence-electron chi connectivity index (χ3n) is 7.27. The second-order valence-corrected chi connectivity index (χ2v) is 11.3. The monoisotopic (exact) mass is 700 g/mol. The van der Waals surface area contributed by atoms with Crippen LogP contribution in [0.2, 0.25) is 0 Å². The number of nitrogens with one attached hydrogen (secondary N) is 3. The first-order valence-electron chi connectivity index (χ1n) is 14.7. The Hall–Kier alpha value is -5.36. The van der Waals surface area contributed by atoms with Gasteiger partial charge in [-0.05, 0) is 87.6 Å². The summed E-state index contributed by atoms with van der Waals surface area (Å²) in [5, 5.41) is 11.7. The molecule has 1 aliphatic heterocycles. The summed E-state index contributed by atoms with van der Waals surface area (Å²) in [4.78, 5) is 37.3. The van der Waals surface area contributed by atoms with Crippen molar-refractivity contribution in [3.63, 3.8) is 0 Å². The van der Waals surface area contributed by atoms with Gasteiger partial charge in [-0.15, -0.1) is 0 Å². The molecule has 4 aromatic carbocycles. The molecule has 1 heterocycles. The minimum atomic E-state index is -0.770. The molecule has 0 saturated carbocycles. The Labute approximate surface area is 280 Å². The van der Waals surface area contributed by atoms with Crippen LogP contribution in [0.4, 0.5) is 4.79 Å². The molecule has 242 valence electrons. The molecule has 5 rings (SSSR count). The van der Waals surface area contributed by atoms with Gasteiger partial charge >= 0.3 is 12.0 Å². The topological polar surface area (TPSA) is 137 Å². The number of hydrogen-bond donors (Lipinski definition) is 3. The standard InChI is InChI=1S/C35H33BrN4O7/c1-4-45-34(42)32-21(2)38-35(43)39-33(32)24-13-15-29(30(17-24)44-3)47-20-31(41)40-37-18-22-12-14-28(27(36)16-22)46-19-25-10-7-9-23-8-5-6-11-26(23)25/h5-18,33H,4,19-20H2,1-3H3,(H,40,41)(H2,38,39,43)/b37-18-/t33-/m1/s1. The lowest BCUT2D eigenvalue weighted by Crippen LogP contribution is -2.45. The van der Waals surface area contributed by atoms with Crippen molar-refractivity contribution in [3.05, 3.63) is 111 Å². The first kappa shape index (κ1) is 33.0. The summed E-state index contributed by atoms with van der Waals surface area (Å²) in [5.41, 5.74) is 5.50. The normalized spacial score (nSPS) is 14.4. The number of fused-ring (bicyclic) bond motifs is 1. The molecule has 47 heavy (non-hydrogen) atoms. The van der Waals surface area contributed by atoms with E-state index in [2.05, 4.69) is 55.3 Å². The van der Waals surface area contributed by atoms with Crippen molar-refractivity contribution in [1.82, 2.24) is 16.1 Å². The summed E-state index contributed by atoms with van der Waals surface area (Å²) in [5.74, 6) is 0.234. The van der Waals surface area contributed by atoms with Gasteiger partial charge in [-0.1, -0.05) is 48.5 Å². The molecule has 0 bridgehead atoms. The van der Waals surface area contributed by atoms with E-state index in [1.807, 2.05) is 42.5 Å². The summed E-state index contributed by atoms with van der Waals surface area (Å²) in [6, 6.07) is 23.5. The Balaban J connectivity index is 1.16. The number of esters is 1. The molecule has 0 radical (unpaired) electrons. The third kappa shape index (κ3) is 8.08. The van der Waals surface area contributed by atoms with E-state index >= 15 is 0 Å². The van der Waals surface area contributed by atoms with Gasteiger partial charge in [0, 0.05) is 5.70 Å². The maximum Gasteiger partial charge on any atom is 0.338 e. The predicted octanol–water partition coefficient (Wildman–Crippen LogP) is 5.91. The van der Waals surface area contributed by atoms with Gasteiger partial charge in [0.1, 0.15) is 12.4 Å². The van der Waals surface area contributed by atoms with Crippen LogP contribution in [0.1, 0.15) is 36.6 Å². The van der Waals surface area contributed by atoms with E-state index in [1.165, 1.54) is 13.3 Å². The number of benzene rings is 4. The van der Waals surface area contributed by atoms with Crippen LogP contribution in [0, 0.1) is 0 Å². The second kappa shape index (κ2) is 15.3. The minimum Gasteiger partial charge on any atom is -0.493 e. The fourth-order valence-electron chi connectivity index (χ4n) is 5.05. The molecule has 3 amide bonds. The smallest absolute Gasteiger partial charge is 0.338 e. The number of nitrogens with zero attached hydrogens (tertiary/aromatic N) is 1. The number of halogens is 1. The summed E-state index contributed by atoms with van der Waals surface area (Å²) in [6.45, 7) is 3.59. The number of hydrazone groups is 1. The molecule has 0 aliphatic carbocycles. The minimum absolute atomic E-state index is 0.185. The number of allylic oxidation sites excluding steroid dienone is 1. The number of urea groups is 1. The van der Waals surface area contributed by atoms with Gasteiger partial charge in [0.25, 0.3) is 5.91 Å². The molecule has 1 aliphatic rings. The molecular formula is C35H33BrN4O7. The van der Waals surface area contributed by atoms with Crippen LogP contribution in [0.5, 0.6) is 17.2 Å². The van der Waals surface area contributed by atoms with Gasteiger partial charge in [0.05, 0.1) is 36.0 Å². The van der Waals surface area contributed by atoms with Crippen molar-refractivity contribution in [3.8, 4) is 17.2 Å².